The third-order valence-electron chi connectivity index (χ3n) is 5.71. The summed E-state index contributed by atoms with van der Waals surface area (Å²) in [6, 6.07) is 12.3. The molecule has 2 heterocycles. The number of ether oxygens (including phenoxy) is 2. The Balaban J connectivity index is 1.65. The van der Waals surface area contributed by atoms with Crippen LogP contribution in [0.15, 0.2) is 60.0 Å². The number of methoxy groups -OCH3 is 2. The Bertz CT molecular complexity index is 1180. The lowest BCUT2D eigenvalue weighted by Gasteiger charge is -2.26. The number of aromatic amines is 1. The standard InChI is InChI=1S/C24H24N2O5/c1-14(27)21-22(15-4-6-17(30-2)7-5-15)26(24(29)23(21)28)11-10-16-13-25-20-9-8-18(31-3)12-19(16)20/h4-9,12-13,22,25,28H,10-11H2,1-3H3/t22-/m1/s1. The second kappa shape index (κ2) is 8.18. The highest BCUT2D eigenvalue weighted by atomic mass is 16.5. The SMILES string of the molecule is COc1ccc([C@@H]2C(C(C)=O)=C(O)C(=O)N2CCc2c[nH]c3ccc(OC)cc23)cc1. The second-order valence-corrected chi connectivity index (χ2v) is 7.47. The van der Waals surface area contributed by atoms with Crippen LogP contribution in [0.2, 0.25) is 0 Å². The normalized spacial score (nSPS) is 16.3. The maximum absolute atomic E-state index is 12.9. The first-order valence-electron chi connectivity index (χ1n) is 9.97. The molecule has 0 radical (unpaired) electrons. The van der Waals surface area contributed by atoms with Gasteiger partial charge < -0.3 is 24.5 Å². The van der Waals surface area contributed by atoms with Gasteiger partial charge in [-0.05, 0) is 54.8 Å². The molecule has 0 bridgehead atoms. The van der Waals surface area contributed by atoms with E-state index in [2.05, 4.69) is 4.98 Å². The van der Waals surface area contributed by atoms with E-state index in [0.29, 0.717) is 18.7 Å². The minimum absolute atomic E-state index is 0.121. The Kier molecular flexibility index (Phi) is 5.42. The summed E-state index contributed by atoms with van der Waals surface area (Å²) in [7, 11) is 3.19. The maximum Gasteiger partial charge on any atom is 0.290 e. The van der Waals surface area contributed by atoms with E-state index in [0.717, 1.165) is 27.8 Å². The zero-order valence-electron chi connectivity index (χ0n) is 17.6. The number of nitrogens with zero attached hydrogens (tertiary/aromatic N) is 1. The Morgan fingerprint density at radius 1 is 1.10 bits per heavy atom. The number of ketones is 1. The summed E-state index contributed by atoms with van der Waals surface area (Å²) in [6.45, 7) is 1.70. The third kappa shape index (κ3) is 3.63. The zero-order valence-corrected chi connectivity index (χ0v) is 17.6. The van der Waals surface area contributed by atoms with Gasteiger partial charge in [0.15, 0.2) is 11.5 Å². The van der Waals surface area contributed by atoms with E-state index in [4.69, 9.17) is 9.47 Å². The van der Waals surface area contributed by atoms with Crippen molar-refractivity contribution >= 4 is 22.6 Å². The number of benzene rings is 2. The summed E-state index contributed by atoms with van der Waals surface area (Å²) in [6.07, 6.45) is 2.45. The van der Waals surface area contributed by atoms with Crippen molar-refractivity contribution in [3.05, 3.63) is 71.1 Å². The predicted octanol–water partition coefficient (Wildman–Crippen LogP) is 3.71. The van der Waals surface area contributed by atoms with Gasteiger partial charge in [0.05, 0.1) is 25.8 Å². The zero-order chi connectivity index (χ0) is 22.1. The molecule has 31 heavy (non-hydrogen) atoms. The second-order valence-electron chi connectivity index (χ2n) is 7.47. The predicted molar refractivity (Wildman–Crippen MR) is 116 cm³/mol. The summed E-state index contributed by atoms with van der Waals surface area (Å²) in [5.74, 6) is 0.0770. The topological polar surface area (TPSA) is 91.9 Å². The highest BCUT2D eigenvalue weighted by molar-refractivity contribution is 6.08. The first-order chi connectivity index (χ1) is 14.9. The lowest BCUT2D eigenvalue weighted by atomic mass is 9.96. The van der Waals surface area contributed by atoms with E-state index in [-0.39, 0.29) is 11.4 Å². The van der Waals surface area contributed by atoms with Crippen LogP contribution in [0.1, 0.15) is 24.1 Å². The van der Waals surface area contributed by atoms with E-state index in [1.54, 1.807) is 31.3 Å². The highest BCUT2D eigenvalue weighted by Crippen LogP contribution is 2.38. The molecule has 1 aromatic heterocycles. The molecule has 3 aromatic rings. The Morgan fingerprint density at radius 3 is 2.42 bits per heavy atom. The lowest BCUT2D eigenvalue weighted by molar-refractivity contribution is -0.129. The molecule has 1 aliphatic heterocycles. The molecule has 0 saturated carbocycles. The first-order valence-corrected chi connectivity index (χ1v) is 9.97. The Hall–Kier alpha value is -3.74. The number of rotatable bonds is 7. The van der Waals surface area contributed by atoms with Crippen molar-refractivity contribution < 1.29 is 24.2 Å². The van der Waals surface area contributed by atoms with Crippen LogP contribution >= 0.6 is 0 Å². The van der Waals surface area contributed by atoms with Gasteiger partial charge in [0.1, 0.15) is 11.5 Å². The molecule has 1 amide bonds. The van der Waals surface area contributed by atoms with E-state index in [1.165, 1.54) is 6.92 Å². The Morgan fingerprint density at radius 2 is 1.77 bits per heavy atom. The van der Waals surface area contributed by atoms with Crippen molar-refractivity contribution in [1.29, 1.82) is 0 Å². The average molecular weight is 420 g/mol. The molecule has 2 aromatic carbocycles. The summed E-state index contributed by atoms with van der Waals surface area (Å²) >= 11 is 0. The number of nitrogens with one attached hydrogen (secondary N) is 1. The monoisotopic (exact) mass is 420 g/mol. The molecule has 1 atom stereocenters. The molecule has 7 heteroatoms. The number of aromatic nitrogens is 1. The van der Waals surface area contributed by atoms with Gasteiger partial charge in [-0.1, -0.05) is 12.1 Å². The minimum atomic E-state index is -0.643. The van der Waals surface area contributed by atoms with Crippen LogP contribution < -0.4 is 9.47 Å². The fourth-order valence-corrected chi connectivity index (χ4v) is 4.11. The molecular formula is C24H24N2O5. The summed E-state index contributed by atoms with van der Waals surface area (Å²) in [4.78, 5) is 29.9. The van der Waals surface area contributed by atoms with Gasteiger partial charge in [0.2, 0.25) is 0 Å². The molecule has 0 aliphatic carbocycles. The van der Waals surface area contributed by atoms with Crippen molar-refractivity contribution in [1.82, 2.24) is 9.88 Å². The minimum Gasteiger partial charge on any atom is -0.503 e. The van der Waals surface area contributed by atoms with Crippen molar-refractivity contribution in [3.63, 3.8) is 0 Å². The Labute approximate surface area is 179 Å². The van der Waals surface area contributed by atoms with Crippen molar-refractivity contribution in [3.8, 4) is 11.5 Å². The molecule has 160 valence electrons. The summed E-state index contributed by atoms with van der Waals surface area (Å²) in [5, 5.41) is 11.5. The van der Waals surface area contributed by atoms with Gasteiger partial charge >= 0.3 is 0 Å². The van der Waals surface area contributed by atoms with Gasteiger partial charge in [0, 0.05) is 23.6 Å². The highest BCUT2D eigenvalue weighted by Gasteiger charge is 2.42. The maximum atomic E-state index is 12.9. The fourth-order valence-electron chi connectivity index (χ4n) is 4.11. The van der Waals surface area contributed by atoms with Gasteiger partial charge in [-0.3, -0.25) is 9.59 Å². The van der Waals surface area contributed by atoms with Gasteiger partial charge in [-0.15, -0.1) is 0 Å². The molecule has 0 saturated heterocycles. The number of fused-ring (bicyclic) bond motifs is 1. The number of carbonyl (C=O) groups excluding carboxylic acids is 2. The molecule has 0 fully saturated rings. The number of carbonyl (C=O) groups is 2. The fraction of sp³-hybridized carbons (Fsp3) is 0.250. The number of Topliss-reactive ketones (excluding diaryl/α,β-unsaturated/α-hetero) is 1. The molecule has 2 N–H and O–H groups in total. The number of aliphatic hydroxyl groups is 1. The van der Waals surface area contributed by atoms with Gasteiger partial charge in [0.25, 0.3) is 5.91 Å². The van der Waals surface area contributed by atoms with E-state index >= 15 is 0 Å². The number of amides is 1. The van der Waals surface area contributed by atoms with Crippen LogP contribution in [0.5, 0.6) is 11.5 Å². The van der Waals surface area contributed by atoms with Crippen molar-refractivity contribution in [2.24, 2.45) is 0 Å². The number of aliphatic hydroxyl groups excluding tert-OH is 1. The molecule has 0 unspecified atom stereocenters. The number of hydrogen-bond acceptors (Lipinski definition) is 5. The van der Waals surface area contributed by atoms with Crippen LogP contribution in [0, 0.1) is 0 Å². The summed E-state index contributed by atoms with van der Waals surface area (Å²) < 4.78 is 10.5. The quantitative estimate of drug-likeness (QED) is 0.608. The number of H-pyrrole nitrogens is 1. The average Bonchev–Trinajstić information content (AvgIpc) is 3.30. The van der Waals surface area contributed by atoms with E-state index in [1.807, 2.05) is 36.5 Å². The molecule has 0 spiro atoms. The van der Waals surface area contributed by atoms with Crippen LogP contribution in [0.4, 0.5) is 0 Å². The van der Waals surface area contributed by atoms with Gasteiger partial charge in [-0.25, -0.2) is 0 Å². The lowest BCUT2D eigenvalue weighted by Crippen LogP contribution is -2.32. The third-order valence-corrected chi connectivity index (χ3v) is 5.71. The van der Waals surface area contributed by atoms with Gasteiger partial charge in [-0.2, -0.15) is 0 Å². The van der Waals surface area contributed by atoms with Crippen LogP contribution in [-0.2, 0) is 16.0 Å². The largest absolute Gasteiger partial charge is 0.503 e. The smallest absolute Gasteiger partial charge is 0.290 e. The van der Waals surface area contributed by atoms with E-state index < -0.39 is 17.7 Å². The molecule has 1 aliphatic rings. The molecule has 4 rings (SSSR count). The molecular weight excluding hydrogens is 396 g/mol. The van der Waals surface area contributed by atoms with Crippen molar-refractivity contribution in [2.45, 2.75) is 19.4 Å². The number of hydrogen-bond donors (Lipinski definition) is 2. The van der Waals surface area contributed by atoms with Crippen LogP contribution in [0.3, 0.4) is 0 Å². The van der Waals surface area contributed by atoms with Crippen LogP contribution in [0.25, 0.3) is 10.9 Å². The van der Waals surface area contributed by atoms with Crippen molar-refractivity contribution in [2.75, 3.05) is 20.8 Å². The van der Waals surface area contributed by atoms with E-state index in [9.17, 15) is 14.7 Å². The van der Waals surface area contributed by atoms with Crippen LogP contribution in [-0.4, -0.2) is 47.4 Å². The summed E-state index contributed by atoms with van der Waals surface area (Å²) in [5.41, 5.74) is 2.85. The molecule has 7 nitrogen and oxygen atoms in total. The first kappa shape index (κ1) is 20.5.